The molecular weight excluding hydrogens is 384 g/mol. The Bertz CT molecular complexity index is 1190. The molecule has 0 unspecified atom stereocenters. The van der Waals surface area contributed by atoms with Crippen molar-refractivity contribution in [2.75, 3.05) is 17.7 Å². The molecule has 1 aliphatic rings. The molecule has 4 rings (SSSR count). The molecule has 0 saturated heterocycles. The lowest BCUT2D eigenvalue weighted by Gasteiger charge is -2.04. The van der Waals surface area contributed by atoms with Gasteiger partial charge in [0.15, 0.2) is 0 Å². The van der Waals surface area contributed by atoms with E-state index in [1.165, 1.54) is 7.11 Å². The number of nitrogens with one attached hydrogen (secondary N) is 3. The maximum Gasteiger partial charge on any atom is 0.337 e. The van der Waals surface area contributed by atoms with Crippen LogP contribution < -0.4 is 16.4 Å². The number of carbonyl (C=O) groups is 3. The topological polar surface area (TPSA) is 126 Å². The van der Waals surface area contributed by atoms with E-state index in [4.69, 9.17) is 10.5 Å². The number of primary amides is 1. The van der Waals surface area contributed by atoms with Crippen molar-refractivity contribution in [1.29, 1.82) is 0 Å². The Labute approximate surface area is 171 Å². The van der Waals surface area contributed by atoms with Gasteiger partial charge >= 0.3 is 12.0 Å². The number of benzene rings is 2. The normalized spacial score (nSPS) is 13.6. The lowest BCUT2D eigenvalue weighted by atomic mass is 10.0. The van der Waals surface area contributed by atoms with Gasteiger partial charge in [-0.05, 0) is 53.6 Å². The molecule has 0 spiro atoms. The summed E-state index contributed by atoms with van der Waals surface area (Å²) >= 11 is 0. The molecule has 2 heterocycles. The first-order chi connectivity index (χ1) is 14.4. The number of hydrogen-bond donors (Lipinski definition) is 4. The summed E-state index contributed by atoms with van der Waals surface area (Å²) in [6, 6.07) is 13.3. The first-order valence-corrected chi connectivity index (χ1v) is 9.05. The number of amides is 3. The molecule has 0 radical (unpaired) electrons. The average Bonchev–Trinajstić information content (AvgIpc) is 3.32. The van der Waals surface area contributed by atoms with E-state index in [9.17, 15) is 14.4 Å². The maximum absolute atomic E-state index is 12.4. The molecular formula is C22H18N4O4. The SMILES string of the molecule is COC(=O)c1ccc(-c2c[nH]c(C=C3C(=O)Nc4ccc(NC(N)=O)cc43)c2)cc1. The van der Waals surface area contributed by atoms with Crippen LogP contribution in [0.4, 0.5) is 16.2 Å². The third-order valence-corrected chi connectivity index (χ3v) is 4.71. The molecule has 8 heteroatoms. The first-order valence-electron chi connectivity index (χ1n) is 9.05. The van der Waals surface area contributed by atoms with Crippen LogP contribution in [0.2, 0.25) is 0 Å². The average molecular weight is 402 g/mol. The van der Waals surface area contributed by atoms with Gasteiger partial charge < -0.3 is 26.1 Å². The summed E-state index contributed by atoms with van der Waals surface area (Å²) < 4.78 is 4.71. The zero-order valence-corrected chi connectivity index (χ0v) is 16.0. The Morgan fingerprint density at radius 1 is 1.07 bits per heavy atom. The van der Waals surface area contributed by atoms with E-state index in [1.54, 1.807) is 36.4 Å². The summed E-state index contributed by atoms with van der Waals surface area (Å²) in [7, 11) is 1.34. The van der Waals surface area contributed by atoms with Crippen LogP contribution in [0, 0.1) is 0 Å². The number of methoxy groups -OCH3 is 1. The smallest absolute Gasteiger partial charge is 0.337 e. The maximum atomic E-state index is 12.4. The van der Waals surface area contributed by atoms with Crippen molar-refractivity contribution < 1.29 is 19.1 Å². The highest BCUT2D eigenvalue weighted by atomic mass is 16.5. The summed E-state index contributed by atoms with van der Waals surface area (Å²) in [6.45, 7) is 0. The fraction of sp³-hybridized carbons (Fsp3) is 0.0455. The summed E-state index contributed by atoms with van der Waals surface area (Å²) in [4.78, 5) is 38.2. The molecule has 30 heavy (non-hydrogen) atoms. The lowest BCUT2D eigenvalue weighted by Crippen LogP contribution is -2.19. The summed E-state index contributed by atoms with van der Waals surface area (Å²) in [5.41, 5.74) is 10.5. The van der Waals surface area contributed by atoms with Crippen molar-refractivity contribution in [2.24, 2.45) is 5.73 Å². The number of H-pyrrole nitrogens is 1. The van der Waals surface area contributed by atoms with Gasteiger partial charge in [0.05, 0.1) is 18.2 Å². The number of urea groups is 1. The minimum Gasteiger partial charge on any atom is -0.465 e. The van der Waals surface area contributed by atoms with Crippen LogP contribution in [-0.2, 0) is 9.53 Å². The van der Waals surface area contributed by atoms with Gasteiger partial charge in [-0.15, -0.1) is 0 Å². The van der Waals surface area contributed by atoms with E-state index < -0.39 is 12.0 Å². The van der Waals surface area contributed by atoms with Crippen molar-refractivity contribution in [3.8, 4) is 11.1 Å². The Balaban J connectivity index is 1.63. The fourth-order valence-electron chi connectivity index (χ4n) is 3.29. The third kappa shape index (κ3) is 3.66. The predicted molar refractivity (Wildman–Crippen MR) is 114 cm³/mol. The number of carbonyl (C=O) groups excluding carboxylic acids is 3. The third-order valence-electron chi connectivity index (χ3n) is 4.71. The second kappa shape index (κ2) is 7.59. The lowest BCUT2D eigenvalue weighted by molar-refractivity contribution is -0.110. The number of aromatic nitrogens is 1. The zero-order valence-electron chi connectivity index (χ0n) is 16.0. The molecule has 0 atom stereocenters. The molecule has 0 saturated carbocycles. The van der Waals surface area contributed by atoms with Gasteiger partial charge in [0, 0.05) is 28.8 Å². The number of hydrogen-bond acceptors (Lipinski definition) is 4. The first kappa shape index (κ1) is 19.0. The largest absolute Gasteiger partial charge is 0.465 e. The van der Waals surface area contributed by atoms with Crippen LogP contribution in [0.15, 0.2) is 54.7 Å². The van der Waals surface area contributed by atoms with Gasteiger partial charge in [0.1, 0.15) is 0 Å². The second-order valence-corrected chi connectivity index (χ2v) is 6.67. The molecule has 8 nitrogen and oxygen atoms in total. The van der Waals surface area contributed by atoms with Crippen molar-refractivity contribution >= 4 is 40.9 Å². The zero-order chi connectivity index (χ0) is 21.3. The van der Waals surface area contributed by atoms with Crippen LogP contribution in [0.3, 0.4) is 0 Å². The second-order valence-electron chi connectivity index (χ2n) is 6.67. The number of rotatable bonds is 4. The van der Waals surface area contributed by atoms with Crippen molar-refractivity contribution in [3.05, 3.63) is 71.5 Å². The van der Waals surface area contributed by atoms with E-state index >= 15 is 0 Å². The monoisotopic (exact) mass is 402 g/mol. The van der Waals surface area contributed by atoms with Crippen LogP contribution in [-0.4, -0.2) is 30.0 Å². The number of anilines is 2. The molecule has 5 N–H and O–H groups in total. The van der Waals surface area contributed by atoms with Crippen molar-refractivity contribution in [2.45, 2.75) is 0 Å². The Morgan fingerprint density at radius 2 is 1.83 bits per heavy atom. The molecule has 1 aliphatic heterocycles. The van der Waals surface area contributed by atoms with Gasteiger partial charge in [-0.3, -0.25) is 4.79 Å². The van der Waals surface area contributed by atoms with Crippen molar-refractivity contribution in [3.63, 3.8) is 0 Å². The molecule has 0 fully saturated rings. The number of ether oxygens (including phenoxy) is 1. The standard InChI is InChI=1S/C22H18N4O4/c1-30-21(28)13-4-2-12(3-5-13)14-8-16(24-11-14)10-18-17-9-15(25-22(23)29)6-7-19(17)26-20(18)27/h2-11,24H,1H3,(H,26,27)(H3,23,25,29). The summed E-state index contributed by atoms with van der Waals surface area (Å²) in [5, 5.41) is 5.31. The van der Waals surface area contributed by atoms with E-state index in [1.807, 2.05) is 24.4 Å². The van der Waals surface area contributed by atoms with Crippen LogP contribution >= 0.6 is 0 Å². The fourth-order valence-corrected chi connectivity index (χ4v) is 3.29. The van der Waals surface area contributed by atoms with Crippen LogP contribution in [0.25, 0.3) is 22.8 Å². The van der Waals surface area contributed by atoms with Gasteiger partial charge in [-0.25, -0.2) is 9.59 Å². The summed E-state index contributed by atoms with van der Waals surface area (Å²) in [5.74, 6) is -0.628. The molecule has 0 aliphatic carbocycles. The highest BCUT2D eigenvalue weighted by Gasteiger charge is 2.24. The number of aromatic amines is 1. The van der Waals surface area contributed by atoms with Gasteiger partial charge in [-0.1, -0.05) is 12.1 Å². The van der Waals surface area contributed by atoms with E-state index in [-0.39, 0.29) is 5.91 Å². The summed E-state index contributed by atoms with van der Waals surface area (Å²) in [6.07, 6.45) is 3.56. The predicted octanol–water partition coefficient (Wildman–Crippen LogP) is 3.45. The Morgan fingerprint density at radius 3 is 2.53 bits per heavy atom. The van der Waals surface area contributed by atoms with Crippen molar-refractivity contribution in [1.82, 2.24) is 4.98 Å². The van der Waals surface area contributed by atoms with Gasteiger partial charge in [0.25, 0.3) is 5.91 Å². The van der Waals surface area contributed by atoms with E-state index in [0.29, 0.717) is 28.1 Å². The van der Waals surface area contributed by atoms with Gasteiger partial charge in [-0.2, -0.15) is 0 Å². The Kier molecular flexibility index (Phi) is 4.81. The molecule has 3 aromatic rings. The van der Waals surface area contributed by atoms with E-state index in [0.717, 1.165) is 16.8 Å². The highest BCUT2D eigenvalue weighted by molar-refractivity contribution is 6.35. The van der Waals surface area contributed by atoms with Crippen LogP contribution in [0.5, 0.6) is 0 Å². The minimum atomic E-state index is -0.676. The van der Waals surface area contributed by atoms with Crippen LogP contribution in [0.1, 0.15) is 21.6 Å². The molecule has 150 valence electrons. The van der Waals surface area contributed by atoms with Gasteiger partial charge in [0.2, 0.25) is 0 Å². The quantitative estimate of drug-likeness (QED) is 0.394. The number of esters is 1. The Hall–Kier alpha value is -4.33. The number of nitrogens with two attached hydrogens (primary N) is 1. The molecule has 1 aromatic heterocycles. The highest BCUT2D eigenvalue weighted by Crippen LogP contribution is 2.35. The van der Waals surface area contributed by atoms with E-state index in [2.05, 4.69) is 15.6 Å². The minimum absolute atomic E-state index is 0.236. The number of fused-ring (bicyclic) bond motifs is 1. The molecule has 0 bridgehead atoms. The molecule has 2 aromatic carbocycles. The molecule has 3 amide bonds.